The van der Waals surface area contributed by atoms with E-state index in [2.05, 4.69) is 34.7 Å². The number of hydrogen-bond acceptors (Lipinski definition) is 10. The minimum Gasteiger partial charge on any atom is -0.456 e. The molecule has 5 aromatic rings. The number of Topliss-reactive ketones (excluding diaryl/α,β-unsaturated/α-hetero) is 1. The van der Waals surface area contributed by atoms with Crippen molar-refractivity contribution in [1.82, 2.24) is 25.4 Å². The maximum Gasteiger partial charge on any atom is 0.299 e. The number of nitrogens with zero attached hydrogens (tertiary/aromatic N) is 4. The molecule has 0 aliphatic carbocycles. The summed E-state index contributed by atoms with van der Waals surface area (Å²) >= 11 is 7.90. The molecule has 2 aliphatic rings. The molecule has 2 aromatic heterocycles. The van der Waals surface area contributed by atoms with Crippen LogP contribution in [0.25, 0.3) is 5.00 Å². The Hall–Kier alpha value is -5.50. The van der Waals surface area contributed by atoms with Gasteiger partial charge in [-0.05, 0) is 81.5 Å². The number of nitrogens with one attached hydrogen (secondary N) is 2. The first-order valence-corrected chi connectivity index (χ1v) is 20.3. The molecular formula is C43H43ClN6O6S. The molecule has 3 amide bonds. The number of rotatable bonds is 16. The van der Waals surface area contributed by atoms with Gasteiger partial charge in [0, 0.05) is 39.7 Å². The number of halogens is 1. The lowest BCUT2D eigenvalue weighted by atomic mass is 9.98. The van der Waals surface area contributed by atoms with Crippen molar-refractivity contribution in [3.8, 4) is 16.5 Å². The number of hydrogen-bond donors (Lipinski definition) is 2. The van der Waals surface area contributed by atoms with Crippen LogP contribution >= 0.6 is 22.9 Å². The Balaban J connectivity index is 0.840. The van der Waals surface area contributed by atoms with Gasteiger partial charge in [-0.25, -0.2) is 0 Å². The topological polar surface area (TPSA) is 154 Å². The summed E-state index contributed by atoms with van der Waals surface area (Å²) < 4.78 is 14.0. The number of thiophene rings is 1. The highest BCUT2D eigenvalue weighted by Gasteiger charge is 2.34. The lowest BCUT2D eigenvalue weighted by Crippen LogP contribution is -2.42. The second-order valence-electron chi connectivity index (χ2n) is 14.1. The molecule has 14 heteroatoms. The van der Waals surface area contributed by atoms with Crippen LogP contribution in [0.1, 0.15) is 104 Å². The Morgan fingerprint density at radius 3 is 2.44 bits per heavy atom. The molecule has 57 heavy (non-hydrogen) atoms. The van der Waals surface area contributed by atoms with Gasteiger partial charge in [0.1, 0.15) is 28.4 Å². The van der Waals surface area contributed by atoms with Gasteiger partial charge >= 0.3 is 0 Å². The molecular weight excluding hydrogens is 764 g/mol. The molecule has 1 atom stereocenters. The van der Waals surface area contributed by atoms with E-state index in [1.54, 1.807) is 23.5 Å². The number of aliphatic imine (C=N–C) groups is 1. The number of unbranched alkanes of at least 4 members (excludes halogenated alkanes) is 4. The second kappa shape index (κ2) is 17.7. The molecule has 2 aliphatic heterocycles. The molecule has 294 valence electrons. The van der Waals surface area contributed by atoms with Crippen LogP contribution in [-0.4, -0.2) is 63.7 Å². The number of carbonyl (C=O) groups excluding carboxylic acids is 4. The molecule has 7 rings (SSSR count). The van der Waals surface area contributed by atoms with Crippen LogP contribution in [0.5, 0.6) is 11.5 Å². The molecule has 2 N–H and O–H groups in total. The van der Waals surface area contributed by atoms with Crippen LogP contribution in [0, 0.1) is 20.8 Å². The molecule has 0 unspecified atom stereocenters. The number of carbonyl (C=O) groups is 4. The molecule has 0 radical (unpaired) electrons. The number of amides is 3. The Morgan fingerprint density at radius 1 is 0.860 bits per heavy atom. The van der Waals surface area contributed by atoms with E-state index in [-0.39, 0.29) is 29.2 Å². The molecule has 0 fully saturated rings. The Labute approximate surface area is 339 Å². The van der Waals surface area contributed by atoms with Gasteiger partial charge in [-0.2, -0.15) is 0 Å². The van der Waals surface area contributed by atoms with Crippen molar-refractivity contribution < 1.29 is 28.7 Å². The van der Waals surface area contributed by atoms with Crippen LogP contribution in [0.15, 0.2) is 71.7 Å². The number of aryl methyl sites for hydroxylation is 3. The van der Waals surface area contributed by atoms with Crippen LogP contribution in [0.3, 0.4) is 0 Å². The first kappa shape index (κ1) is 39.7. The zero-order valence-electron chi connectivity index (χ0n) is 32.0. The number of para-hydroxylation sites is 1. The third kappa shape index (κ3) is 8.75. The van der Waals surface area contributed by atoms with Gasteiger partial charge < -0.3 is 14.8 Å². The molecule has 0 bridgehead atoms. The van der Waals surface area contributed by atoms with Crippen LogP contribution in [0.4, 0.5) is 0 Å². The number of aromatic nitrogens is 3. The summed E-state index contributed by atoms with van der Waals surface area (Å²) in [5, 5.41) is 15.6. The smallest absolute Gasteiger partial charge is 0.299 e. The lowest BCUT2D eigenvalue weighted by molar-refractivity contribution is -0.121. The van der Waals surface area contributed by atoms with Gasteiger partial charge in [0.05, 0.1) is 24.3 Å². The third-order valence-electron chi connectivity index (χ3n) is 10.2. The molecule has 4 heterocycles. The third-order valence-corrected chi connectivity index (χ3v) is 11.6. The van der Waals surface area contributed by atoms with Crippen molar-refractivity contribution in [2.24, 2.45) is 4.99 Å². The highest BCUT2D eigenvalue weighted by atomic mass is 35.5. The first-order chi connectivity index (χ1) is 27.6. The van der Waals surface area contributed by atoms with Crippen molar-refractivity contribution in [1.29, 1.82) is 0 Å². The molecule has 0 saturated heterocycles. The van der Waals surface area contributed by atoms with Gasteiger partial charge in [0.15, 0.2) is 5.82 Å². The summed E-state index contributed by atoms with van der Waals surface area (Å²) in [6.45, 7) is 7.53. The van der Waals surface area contributed by atoms with Gasteiger partial charge in [-0.1, -0.05) is 67.3 Å². The normalized spacial score (nSPS) is 14.6. The predicted molar refractivity (Wildman–Crippen MR) is 218 cm³/mol. The fourth-order valence-corrected chi connectivity index (χ4v) is 8.45. The second-order valence-corrected chi connectivity index (χ2v) is 15.7. The minimum absolute atomic E-state index is 0.0439. The van der Waals surface area contributed by atoms with E-state index in [0.29, 0.717) is 36.4 Å². The number of fused-ring (bicyclic) bond motifs is 4. The number of benzene rings is 3. The summed E-state index contributed by atoms with van der Waals surface area (Å²) in [6, 6.07) is 19.4. The molecule has 3 aromatic carbocycles. The fourth-order valence-electron chi connectivity index (χ4n) is 7.11. The van der Waals surface area contributed by atoms with Crippen molar-refractivity contribution in [2.45, 2.75) is 71.8 Å². The van der Waals surface area contributed by atoms with Crippen LogP contribution in [-0.2, 0) is 20.7 Å². The van der Waals surface area contributed by atoms with E-state index in [1.165, 1.54) is 10.9 Å². The SMILES string of the molecule is Cc1sc2c(c1C)C(c1ccc(Cl)cc1)=N[C@@H](CC(=O)NCCOCCCCCCCc1ccccc1Oc1cccc3c1C(=O)NC(=O)C3=O)c1nnc(C)n1-2. The first-order valence-electron chi connectivity index (χ1n) is 19.1. The highest BCUT2D eigenvalue weighted by molar-refractivity contribution is 7.15. The highest BCUT2D eigenvalue weighted by Crippen LogP contribution is 2.40. The summed E-state index contributed by atoms with van der Waals surface area (Å²) in [4.78, 5) is 56.3. The van der Waals surface area contributed by atoms with E-state index >= 15 is 0 Å². The summed E-state index contributed by atoms with van der Waals surface area (Å²) in [5.74, 6) is -0.253. The average molecular weight is 807 g/mol. The van der Waals surface area contributed by atoms with Crippen molar-refractivity contribution in [2.75, 3.05) is 19.8 Å². The van der Waals surface area contributed by atoms with E-state index in [0.717, 1.165) is 77.3 Å². The van der Waals surface area contributed by atoms with Crippen LogP contribution in [0.2, 0.25) is 5.02 Å². The van der Waals surface area contributed by atoms with E-state index in [1.807, 2.05) is 60.0 Å². The molecule has 0 spiro atoms. The fraction of sp³-hybridized carbons (Fsp3) is 0.326. The van der Waals surface area contributed by atoms with Gasteiger partial charge in [0.25, 0.3) is 17.6 Å². The quantitative estimate of drug-likeness (QED) is 0.0583. The van der Waals surface area contributed by atoms with Crippen molar-refractivity contribution in [3.63, 3.8) is 0 Å². The predicted octanol–water partition coefficient (Wildman–Crippen LogP) is 7.76. The number of imide groups is 1. The number of ether oxygens (including phenoxy) is 2. The van der Waals surface area contributed by atoms with E-state index in [9.17, 15) is 19.2 Å². The van der Waals surface area contributed by atoms with E-state index < -0.39 is 23.6 Å². The zero-order chi connectivity index (χ0) is 40.1. The Kier molecular flexibility index (Phi) is 12.4. The maximum atomic E-state index is 13.2. The summed E-state index contributed by atoms with van der Waals surface area (Å²) in [7, 11) is 0. The summed E-state index contributed by atoms with van der Waals surface area (Å²) in [6.07, 6.45) is 5.85. The Morgan fingerprint density at radius 2 is 1.61 bits per heavy atom. The van der Waals surface area contributed by atoms with Gasteiger partial charge in [0.2, 0.25) is 5.91 Å². The lowest BCUT2D eigenvalue weighted by Gasteiger charge is -2.18. The van der Waals surface area contributed by atoms with Gasteiger partial charge in [-0.15, -0.1) is 21.5 Å². The standard InChI is InChI=1S/C43H43ClN6O6S/c1-25-26(2)57-43-36(25)38(29-17-19-30(44)20-18-29)46-32(40-49-48-27(3)50(40)43)24-35(51)45-21-23-55-22-10-6-4-5-7-12-28-13-8-9-15-33(28)56-34-16-11-14-31-37(34)41(53)47-42(54)39(31)52/h8-9,11,13-20,32H,4-7,10,12,21-24H2,1-3H3,(H,45,51)(H,47,53,54)/t32-/m0/s1. The molecule has 0 saturated carbocycles. The van der Waals surface area contributed by atoms with Crippen LogP contribution < -0.4 is 15.4 Å². The molecule has 12 nitrogen and oxygen atoms in total. The maximum absolute atomic E-state index is 13.2. The largest absolute Gasteiger partial charge is 0.456 e. The number of ketones is 1. The summed E-state index contributed by atoms with van der Waals surface area (Å²) in [5.41, 5.74) is 5.00. The van der Waals surface area contributed by atoms with E-state index in [4.69, 9.17) is 26.1 Å². The zero-order valence-corrected chi connectivity index (χ0v) is 33.6. The monoisotopic (exact) mass is 806 g/mol. The Bertz CT molecular complexity index is 2370. The van der Waals surface area contributed by atoms with Gasteiger partial charge in [-0.3, -0.25) is 34.1 Å². The van der Waals surface area contributed by atoms with Crippen molar-refractivity contribution in [3.05, 3.63) is 122 Å². The van der Waals surface area contributed by atoms with Crippen molar-refractivity contribution >= 4 is 52.2 Å². The average Bonchev–Trinajstić information content (AvgIpc) is 3.68. The minimum atomic E-state index is -0.937.